The van der Waals surface area contributed by atoms with Gasteiger partial charge in [-0.05, 0) is 30.7 Å². The Morgan fingerprint density at radius 2 is 2.05 bits per heavy atom. The molecule has 0 fully saturated rings. The van der Waals surface area contributed by atoms with Crippen LogP contribution < -0.4 is 5.73 Å². The Balaban J connectivity index is 2.22. The van der Waals surface area contributed by atoms with Crippen LogP contribution in [0.15, 0.2) is 42.9 Å². The number of aromatic nitrogens is 3. The van der Waals surface area contributed by atoms with Crippen LogP contribution in [0.5, 0.6) is 0 Å². The molecule has 0 spiro atoms. The molecule has 0 aliphatic carbocycles. The Morgan fingerprint density at radius 3 is 2.89 bits per heavy atom. The van der Waals surface area contributed by atoms with Gasteiger partial charge in [-0.2, -0.15) is 0 Å². The monoisotopic (exact) mass is 252 g/mol. The van der Waals surface area contributed by atoms with E-state index < -0.39 is 0 Å². The molecule has 0 aliphatic heterocycles. The van der Waals surface area contributed by atoms with Gasteiger partial charge in [0.25, 0.3) is 0 Å². The summed E-state index contributed by atoms with van der Waals surface area (Å²) < 4.78 is 2.13. The van der Waals surface area contributed by atoms with Crippen molar-refractivity contribution in [2.45, 2.75) is 19.8 Å². The number of hydrogen-bond donors (Lipinski definition) is 1. The van der Waals surface area contributed by atoms with Crippen LogP contribution in [0, 0.1) is 0 Å². The third kappa shape index (κ3) is 2.05. The van der Waals surface area contributed by atoms with E-state index in [4.69, 9.17) is 5.73 Å². The first kappa shape index (κ1) is 11.7. The number of fused-ring (bicyclic) bond motifs is 1. The molecule has 4 nitrogen and oxygen atoms in total. The van der Waals surface area contributed by atoms with E-state index in [2.05, 4.69) is 21.5 Å². The lowest BCUT2D eigenvalue weighted by Gasteiger charge is -2.10. The minimum Gasteiger partial charge on any atom is -0.399 e. The van der Waals surface area contributed by atoms with E-state index in [1.54, 1.807) is 0 Å². The van der Waals surface area contributed by atoms with Gasteiger partial charge in [0.15, 0.2) is 0 Å². The van der Waals surface area contributed by atoms with Crippen molar-refractivity contribution in [3.05, 3.63) is 48.7 Å². The maximum atomic E-state index is 5.81. The van der Waals surface area contributed by atoms with Crippen LogP contribution in [-0.2, 0) is 6.42 Å². The standard InChI is InChI=1S/C15H16N4/c1-2-3-15-18-8-9-19(15)14-6-7-17-13-10-11(16)4-5-12(13)14/h4-10H,2-3,16H2,1H3. The van der Waals surface area contributed by atoms with Gasteiger partial charge in [-0.1, -0.05) is 6.92 Å². The van der Waals surface area contributed by atoms with E-state index in [1.807, 2.05) is 42.9 Å². The second-order valence-electron chi connectivity index (χ2n) is 4.57. The number of imidazole rings is 1. The Kier molecular flexibility index (Phi) is 2.91. The summed E-state index contributed by atoms with van der Waals surface area (Å²) in [5, 5.41) is 1.09. The van der Waals surface area contributed by atoms with E-state index in [0.717, 1.165) is 40.9 Å². The molecule has 0 bridgehead atoms. The predicted octanol–water partition coefficient (Wildman–Crippen LogP) is 2.96. The second kappa shape index (κ2) is 4.72. The summed E-state index contributed by atoms with van der Waals surface area (Å²) in [6, 6.07) is 7.83. The maximum absolute atomic E-state index is 5.81. The first-order valence-corrected chi connectivity index (χ1v) is 6.46. The first-order chi connectivity index (χ1) is 9.29. The van der Waals surface area contributed by atoms with E-state index in [0.29, 0.717) is 0 Å². The van der Waals surface area contributed by atoms with Gasteiger partial charge in [-0.3, -0.25) is 4.98 Å². The molecular formula is C15H16N4. The van der Waals surface area contributed by atoms with Crippen LogP contribution in [0.25, 0.3) is 16.6 Å². The summed E-state index contributed by atoms with van der Waals surface area (Å²) in [7, 11) is 0. The smallest absolute Gasteiger partial charge is 0.113 e. The van der Waals surface area contributed by atoms with Crippen LogP contribution in [0.3, 0.4) is 0 Å². The largest absolute Gasteiger partial charge is 0.399 e. The van der Waals surface area contributed by atoms with Crippen molar-refractivity contribution in [2.75, 3.05) is 5.73 Å². The zero-order chi connectivity index (χ0) is 13.2. The van der Waals surface area contributed by atoms with E-state index in [9.17, 15) is 0 Å². The molecule has 96 valence electrons. The van der Waals surface area contributed by atoms with Gasteiger partial charge in [0.05, 0.1) is 11.2 Å². The fourth-order valence-electron chi connectivity index (χ4n) is 2.32. The van der Waals surface area contributed by atoms with E-state index in [1.165, 1.54) is 0 Å². The van der Waals surface area contributed by atoms with Crippen molar-refractivity contribution < 1.29 is 0 Å². The molecule has 0 aliphatic rings. The highest BCUT2D eigenvalue weighted by atomic mass is 15.1. The minimum atomic E-state index is 0.733. The summed E-state index contributed by atoms with van der Waals surface area (Å²) in [6.07, 6.45) is 7.69. The number of hydrogen-bond acceptors (Lipinski definition) is 3. The summed E-state index contributed by atoms with van der Waals surface area (Å²) in [4.78, 5) is 8.80. The second-order valence-corrected chi connectivity index (χ2v) is 4.57. The number of nitrogens with zero attached hydrogens (tertiary/aromatic N) is 3. The molecule has 2 N–H and O–H groups in total. The summed E-state index contributed by atoms with van der Waals surface area (Å²) in [5.41, 5.74) is 8.56. The van der Waals surface area contributed by atoms with Crippen molar-refractivity contribution in [3.8, 4) is 5.69 Å². The number of aryl methyl sites for hydroxylation is 1. The highest BCUT2D eigenvalue weighted by Gasteiger charge is 2.08. The quantitative estimate of drug-likeness (QED) is 0.729. The van der Waals surface area contributed by atoms with Crippen LogP contribution >= 0.6 is 0 Å². The first-order valence-electron chi connectivity index (χ1n) is 6.46. The Labute approximate surface area is 111 Å². The van der Waals surface area contributed by atoms with E-state index in [-0.39, 0.29) is 0 Å². The lowest BCUT2D eigenvalue weighted by atomic mass is 10.1. The van der Waals surface area contributed by atoms with Crippen molar-refractivity contribution in [1.82, 2.24) is 14.5 Å². The summed E-state index contributed by atoms with van der Waals surface area (Å²) >= 11 is 0. The number of pyridine rings is 1. The van der Waals surface area contributed by atoms with Crippen LogP contribution in [-0.4, -0.2) is 14.5 Å². The normalized spacial score (nSPS) is 11.0. The molecular weight excluding hydrogens is 236 g/mol. The van der Waals surface area contributed by atoms with Crippen molar-refractivity contribution in [3.63, 3.8) is 0 Å². The number of nitrogens with two attached hydrogens (primary N) is 1. The lowest BCUT2D eigenvalue weighted by molar-refractivity contribution is 0.811. The molecule has 0 amide bonds. The van der Waals surface area contributed by atoms with Gasteiger partial charge in [-0.15, -0.1) is 0 Å². The molecule has 4 heteroatoms. The fraction of sp³-hybridized carbons (Fsp3) is 0.200. The molecule has 0 radical (unpaired) electrons. The molecule has 0 atom stereocenters. The highest BCUT2D eigenvalue weighted by Crippen LogP contribution is 2.23. The van der Waals surface area contributed by atoms with Crippen molar-refractivity contribution >= 4 is 16.6 Å². The highest BCUT2D eigenvalue weighted by molar-refractivity contribution is 5.89. The molecule has 1 aromatic carbocycles. The average Bonchev–Trinajstić information content (AvgIpc) is 2.86. The van der Waals surface area contributed by atoms with Crippen LogP contribution in [0.2, 0.25) is 0 Å². The Hall–Kier alpha value is -2.36. The third-order valence-electron chi connectivity index (χ3n) is 3.19. The van der Waals surface area contributed by atoms with Gasteiger partial charge < -0.3 is 10.3 Å². The van der Waals surface area contributed by atoms with Gasteiger partial charge >= 0.3 is 0 Å². The fourth-order valence-corrected chi connectivity index (χ4v) is 2.32. The van der Waals surface area contributed by atoms with Gasteiger partial charge in [0.2, 0.25) is 0 Å². The number of rotatable bonds is 3. The van der Waals surface area contributed by atoms with Crippen LogP contribution in [0.4, 0.5) is 5.69 Å². The van der Waals surface area contributed by atoms with Gasteiger partial charge in [-0.25, -0.2) is 4.98 Å². The lowest BCUT2D eigenvalue weighted by Crippen LogP contribution is -2.01. The Morgan fingerprint density at radius 1 is 1.16 bits per heavy atom. The molecule has 3 rings (SSSR count). The molecule has 3 aromatic rings. The predicted molar refractivity (Wildman–Crippen MR) is 77.3 cm³/mol. The van der Waals surface area contributed by atoms with Crippen molar-refractivity contribution in [1.29, 1.82) is 0 Å². The van der Waals surface area contributed by atoms with E-state index >= 15 is 0 Å². The summed E-state index contributed by atoms with van der Waals surface area (Å²) in [5.74, 6) is 1.08. The zero-order valence-corrected chi connectivity index (χ0v) is 10.9. The molecule has 2 aromatic heterocycles. The summed E-state index contributed by atoms with van der Waals surface area (Å²) in [6.45, 7) is 2.16. The average molecular weight is 252 g/mol. The molecule has 0 unspecified atom stereocenters. The molecule has 0 saturated carbocycles. The maximum Gasteiger partial charge on any atom is 0.113 e. The number of anilines is 1. The topological polar surface area (TPSA) is 56.7 Å². The molecule has 19 heavy (non-hydrogen) atoms. The SMILES string of the molecule is CCCc1nccn1-c1ccnc2cc(N)ccc12. The zero-order valence-electron chi connectivity index (χ0n) is 10.9. The molecule has 0 saturated heterocycles. The minimum absolute atomic E-state index is 0.733. The molecule has 2 heterocycles. The van der Waals surface area contributed by atoms with Crippen molar-refractivity contribution in [2.24, 2.45) is 0 Å². The van der Waals surface area contributed by atoms with Crippen LogP contribution in [0.1, 0.15) is 19.2 Å². The van der Waals surface area contributed by atoms with Gasteiger partial charge in [0.1, 0.15) is 5.82 Å². The van der Waals surface area contributed by atoms with Gasteiger partial charge in [0, 0.05) is 36.1 Å². The number of benzene rings is 1. The third-order valence-corrected chi connectivity index (χ3v) is 3.19. The Bertz CT molecular complexity index is 715. The number of nitrogen functional groups attached to an aromatic ring is 1.